The van der Waals surface area contributed by atoms with E-state index in [1.54, 1.807) is 0 Å². The SMILES string of the molecule is O=C(O)C1CCCC1c1nc(Cc2cccc(Cl)c2)no1. The summed E-state index contributed by atoms with van der Waals surface area (Å²) in [6.45, 7) is 0. The Kier molecular flexibility index (Phi) is 3.92. The van der Waals surface area contributed by atoms with Crippen molar-refractivity contribution < 1.29 is 14.4 Å². The van der Waals surface area contributed by atoms with Crippen molar-refractivity contribution in [3.63, 3.8) is 0 Å². The molecule has 0 saturated heterocycles. The zero-order chi connectivity index (χ0) is 14.8. The molecule has 1 saturated carbocycles. The van der Waals surface area contributed by atoms with Crippen LogP contribution in [-0.2, 0) is 11.2 Å². The van der Waals surface area contributed by atoms with E-state index in [9.17, 15) is 9.90 Å². The minimum atomic E-state index is -0.785. The lowest BCUT2D eigenvalue weighted by molar-refractivity contribution is -0.142. The second-order valence-corrected chi connectivity index (χ2v) is 5.77. The van der Waals surface area contributed by atoms with Gasteiger partial charge in [0.2, 0.25) is 5.89 Å². The molecule has 3 rings (SSSR count). The van der Waals surface area contributed by atoms with Crippen LogP contribution in [0.3, 0.4) is 0 Å². The number of benzene rings is 1. The van der Waals surface area contributed by atoms with Crippen LogP contribution >= 0.6 is 11.6 Å². The van der Waals surface area contributed by atoms with Crippen molar-refractivity contribution in [3.05, 3.63) is 46.6 Å². The smallest absolute Gasteiger partial charge is 0.307 e. The fraction of sp³-hybridized carbons (Fsp3) is 0.400. The summed E-state index contributed by atoms with van der Waals surface area (Å²) in [5.41, 5.74) is 0.996. The van der Waals surface area contributed by atoms with Gasteiger partial charge in [-0.15, -0.1) is 0 Å². The largest absolute Gasteiger partial charge is 0.481 e. The maximum absolute atomic E-state index is 11.2. The highest BCUT2D eigenvalue weighted by Gasteiger charge is 2.37. The molecule has 0 amide bonds. The maximum atomic E-state index is 11.2. The van der Waals surface area contributed by atoms with E-state index < -0.39 is 11.9 Å². The molecule has 1 N–H and O–H groups in total. The topological polar surface area (TPSA) is 76.2 Å². The van der Waals surface area contributed by atoms with Crippen LogP contribution in [0.5, 0.6) is 0 Å². The number of nitrogens with zero attached hydrogens (tertiary/aromatic N) is 2. The average Bonchev–Trinajstić information content (AvgIpc) is 3.06. The lowest BCUT2D eigenvalue weighted by Crippen LogP contribution is -2.17. The first-order chi connectivity index (χ1) is 10.1. The first kappa shape index (κ1) is 14.1. The van der Waals surface area contributed by atoms with Crippen LogP contribution in [0.2, 0.25) is 5.02 Å². The molecule has 0 radical (unpaired) electrons. The predicted molar refractivity (Wildman–Crippen MR) is 76.3 cm³/mol. The molecule has 0 spiro atoms. The number of carbonyl (C=O) groups is 1. The molecule has 2 atom stereocenters. The molecule has 0 bridgehead atoms. The van der Waals surface area contributed by atoms with E-state index in [-0.39, 0.29) is 5.92 Å². The van der Waals surface area contributed by atoms with E-state index in [2.05, 4.69) is 10.1 Å². The third kappa shape index (κ3) is 3.08. The number of aliphatic carboxylic acids is 1. The molecule has 2 unspecified atom stereocenters. The van der Waals surface area contributed by atoms with Crippen molar-refractivity contribution in [2.24, 2.45) is 5.92 Å². The second-order valence-electron chi connectivity index (χ2n) is 5.34. The van der Waals surface area contributed by atoms with Crippen LogP contribution in [0.15, 0.2) is 28.8 Å². The van der Waals surface area contributed by atoms with Crippen molar-refractivity contribution in [1.82, 2.24) is 10.1 Å². The lowest BCUT2D eigenvalue weighted by atomic mass is 9.96. The van der Waals surface area contributed by atoms with Gasteiger partial charge < -0.3 is 9.63 Å². The Morgan fingerprint density at radius 2 is 2.29 bits per heavy atom. The van der Waals surface area contributed by atoms with Crippen molar-refractivity contribution in [2.75, 3.05) is 0 Å². The molecule has 1 heterocycles. The first-order valence-corrected chi connectivity index (χ1v) is 7.31. The number of aromatic nitrogens is 2. The molecule has 1 aromatic carbocycles. The molecule has 21 heavy (non-hydrogen) atoms. The molecule has 6 heteroatoms. The van der Waals surface area contributed by atoms with Gasteiger partial charge in [0.1, 0.15) is 0 Å². The fourth-order valence-corrected chi connectivity index (χ4v) is 3.08. The van der Waals surface area contributed by atoms with Crippen LogP contribution in [0, 0.1) is 5.92 Å². The zero-order valence-electron chi connectivity index (χ0n) is 11.3. The Morgan fingerprint density at radius 3 is 3.05 bits per heavy atom. The number of carboxylic acid groups (broad SMARTS) is 1. The monoisotopic (exact) mass is 306 g/mol. The highest BCUT2D eigenvalue weighted by atomic mass is 35.5. The molecule has 5 nitrogen and oxygen atoms in total. The summed E-state index contributed by atoms with van der Waals surface area (Å²) in [4.78, 5) is 15.6. The summed E-state index contributed by atoms with van der Waals surface area (Å²) in [7, 11) is 0. The number of hydrogen-bond acceptors (Lipinski definition) is 4. The van der Waals surface area contributed by atoms with Crippen LogP contribution in [0.1, 0.15) is 42.5 Å². The summed E-state index contributed by atoms with van der Waals surface area (Å²) in [6, 6.07) is 7.48. The van der Waals surface area contributed by atoms with Gasteiger partial charge in [0.05, 0.1) is 11.8 Å². The molecule has 110 valence electrons. The van der Waals surface area contributed by atoms with Gasteiger partial charge in [0, 0.05) is 11.4 Å². The zero-order valence-corrected chi connectivity index (χ0v) is 12.1. The molecule has 1 aliphatic rings. The molecular weight excluding hydrogens is 292 g/mol. The number of halogens is 1. The highest BCUT2D eigenvalue weighted by Crippen LogP contribution is 2.39. The fourth-order valence-electron chi connectivity index (χ4n) is 2.87. The quantitative estimate of drug-likeness (QED) is 0.938. The summed E-state index contributed by atoms with van der Waals surface area (Å²) in [6.07, 6.45) is 2.87. The van der Waals surface area contributed by atoms with E-state index >= 15 is 0 Å². The van der Waals surface area contributed by atoms with Gasteiger partial charge >= 0.3 is 5.97 Å². The third-order valence-corrected chi connectivity index (χ3v) is 4.12. The van der Waals surface area contributed by atoms with Gasteiger partial charge in [0.15, 0.2) is 5.82 Å². The predicted octanol–water partition coefficient (Wildman–Crippen LogP) is 3.28. The van der Waals surface area contributed by atoms with Crippen LogP contribution in [-0.4, -0.2) is 21.2 Å². The van der Waals surface area contributed by atoms with Gasteiger partial charge in [-0.05, 0) is 30.5 Å². The van der Waals surface area contributed by atoms with Gasteiger partial charge in [0.25, 0.3) is 0 Å². The molecule has 1 aliphatic carbocycles. The Morgan fingerprint density at radius 1 is 1.43 bits per heavy atom. The first-order valence-electron chi connectivity index (χ1n) is 6.93. The molecule has 0 aliphatic heterocycles. The van der Waals surface area contributed by atoms with E-state index in [4.69, 9.17) is 16.1 Å². The van der Waals surface area contributed by atoms with Crippen LogP contribution in [0.25, 0.3) is 0 Å². The van der Waals surface area contributed by atoms with Crippen molar-refractivity contribution in [3.8, 4) is 0 Å². The van der Waals surface area contributed by atoms with E-state index in [1.807, 2.05) is 24.3 Å². The number of carboxylic acids is 1. The Hall–Kier alpha value is -1.88. The van der Waals surface area contributed by atoms with Gasteiger partial charge in [-0.25, -0.2) is 0 Å². The van der Waals surface area contributed by atoms with Crippen molar-refractivity contribution in [1.29, 1.82) is 0 Å². The van der Waals surface area contributed by atoms with Crippen molar-refractivity contribution >= 4 is 17.6 Å². The van der Waals surface area contributed by atoms with Crippen LogP contribution in [0.4, 0.5) is 0 Å². The van der Waals surface area contributed by atoms with E-state index in [1.165, 1.54) is 0 Å². The van der Waals surface area contributed by atoms with E-state index in [0.29, 0.717) is 29.6 Å². The van der Waals surface area contributed by atoms with Crippen LogP contribution < -0.4 is 0 Å². The second kappa shape index (κ2) is 5.85. The van der Waals surface area contributed by atoms with Gasteiger partial charge in [-0.2, -0.15) is 4.98 Å². The summed E-state index contributed by atoms with van der Waals surface area (Å²) in [5, 5.41) is 13.8. The lowest BCUT2D eigenvalue weighted by Gasteiger charge is -2.10. The molecule has 1 aromatic heterocycles. The third-order valence-electron chi connectivity index (χ3n) is 3.89. The van der Waals surface area contributed by atoms with Gasteiger partial charge in [-0.3, -0.25) is 4.79 Å². The Balaban J connectivity index is 1.76. The van der Waals surface area contributed by atoms with E-state index in [0.717, 1.165) is 18.4 Å². The summed E-state index contributed by atoms with van der Waals surface area (Å²) >= 11 is 5.94. The standard InChI is InChI=1S/C15H15ClN2O3/c16-10-4-1-3-9(7-10)8-13-17-14(21-18-13)11-5-2-6-12(11)15(19)20/h1,3-4,7,11-12H,2,5-6,8H2,(H,19,20). The summed E-state index contributed by atoms with van der Waals surface area (Å²) < 4.78 is 5.27. The van der Waals surface area contributed by atoms with Crippen molar-refractivity contribution in [2.45, 2.75) is 31.6 Å². The van der Waals surface area contributed by atoms with Gasteiger partial charge in [-0.1, -0.05) is 35.3 Å². The average molecular weight is 307 g/mol. The molecule has 2 aromatic rings. The number of rotatable bonds is 4. The minimum absolute atomic E-state index is 0.164. The molecular formula is C15H15ClN2O3. The normalized spacial score (nSPS) is 21.6. The number of hydrogen-bond donors (Lipinski definition) is 1. The Labute approximate surface area is 126 Å². The summed E-state index contributed by atoms with van der Waals surface area (Å²) in [5.74, 6) is -0.361. The Bertz CT molecular complexity index is 656. The highest BCUT2D eigenvalue weighted by molar-refractivity contribution is 6.30. The minimum Gasteiger partial charge on any atom is -0.481 e. The molecule has 1 fully saturated rings. The maximum Gasteiger partial charge on any atom is 0.307 e.